The maximum atomic E-state index is 11.8. The molecule has 0 rings (SSSR count). The Morgan fingerprint density at radius 2 is 1.81 bits per heavy atom. The summed E-state index contributed by atoms with van der Waals surface area (Å²) in [6, 6.07) is -0.671. The molecule has 1 unspecified atom stereocenters. The lowest BCUT2D eigenvalue weighted by atomic mass is 10.3. The van der Waals surface area contributed by atoms with Gasteiger partial charge in [-0.25, -0.2) is 8.42 Å². The summed E-state index contributed by atoms with van der Waals surface area (Å²) in [5.74, 6) is -0.972. The minimum atomic E-state index is -3.19. The molecular formula is C10H21NO4S. The normalized spacial score (nSPS) is 15.1. The summed E-state index contributed by atoms with van der Waals surface area (Å²) >= 11 is 0. The zero-order chi connectivity index (χ0) is 13.1. The van der Waals surface area contributed by atoms with Gasteiger partial charge in [0, 0.05) is 6.54 Å². The molecule has 0 aliphatic carbocycles. The Morgan fingerprint density at radius 1 is 1.38 bits per heavy atom. The van der Waals surface area contributed by atoms with Crippen LogP contribution in [-0.2, 0) is 14.6 Å². The van der Waals surface area contributed by atoms with Crippen LogP contribution in [0.5, 0.6) is 0 Å². The average molecular weight is 251 g/mol. The van der Waals surface area contributed by atoms with Crippen LogP contribution in [0.3, 0.4) is 0 Å². The third-order valence-corrected chi connectivity index (χ3v) is 5.25. The van der Waals surface area contributed by atoms with Gasteiger partial charge in [-0.1, -0.05) is 0 Å². The van der Waals surface area contributed by atoms with Gasteiger partial charge in [0.2, 0.25) is 0 Å². The SMILES string of the molecule is CC(C(=O)O)N(C)CCS(=O)(=O)C(C)(C)C. The molecule has 0 spiro atoms. The molecule has 96 valence electrons. The summed E-state index contributed by atoms with van der Waals surface area (Å²) in [6.07, 6.45) is 0. The number of carbonyl (C=O) groups is 1. The van der Waals surface area contributed by atoms with Gasteiger partial charge >= 0.3 is 5.97 Å². The fraction of sp³-hybridized carbons (Fsp3) is 0.900. The number of carboxylic acid groups (broad SMARTS) is 1. The van der Waals surface area contributed by atoms with Crippen molar-refractivity contribution >= 4 is 15.8 Å². The van der Waals surface area contributed by atoms with E-state index in [4.69, 9.17) is 5.11 Å². The number of aliphatic carboxylic acids is 1. The number of nitrogens with zero attached hydrogens (tertiary/aromatic N) is 1. The predicted molar refractivity (Wildman–Crippen MR) is 63.3 cm³/mol. The molecule has 1 N–H and O–H groups in total. The second kappa shape index (κ2) is 5.14. The quantitative estimate of drug-likeness (QED) is 0.774. The lowest BCUT2D eigenvalue weighted by molar-refractivity contribution is -0.142. The van der Waals surface area contributed by atoms with Gasteiger partial charge in [0.25, 0.3) is 0 Å². The molecule has 0 radical (unpaired) electrons. The Labute approximate surface area is 97.4 Å². The summed E-state index contributed by atoms with van der Waals surface area (Å²) in [4.78, 5) is 12.2. The van der Waals surface area contributed by atoms with Crippen molar-refractivity contribution in [2.45, 2.75) is 38.5 Å². The summed E-state index contributed by atoms with van der Waals surface area (Å²) in [6.45, 7) is 6.69. The standard InChI is InChI=1S/C10H21NO4S/c1-8(9(12)13)11(5)6-7-16(14,15)10(2,3)4/h8H,6-7H2,1-5H3,(H,12,13). The van der Waals surface area contributed by atoms with Crippen molar-refractivity contribution in [2.24, 2.45) is 0 Å². The largest absolute Gasteiger partial charge is 0.480 e. The van der Waals surface area contributed by atoms with Crippen molar-refractivity contribution in [3.8, 4) is 0 Å². The Hall–Kier alpha value is -0.620. The van der Waals surface area contributed by atoms with Crippen molar-refractivity contribution < 1.29 is 18.3 Å². The third kappa shape index (κ3) is 4.09. The van der Waals surface area contributed by atoms with E-state index in [9.17, 15) is 13.2 Å². The number of carboxylic acids is 1. The molecule has 0 saturated heterocycles. The lowest BCUT2D eigenvalue weighted by Crippen LogP contribution is -2.41. The van der Waals surface area contributed by atoms with Crippen LogP contribution in [-0.4, -0.2) is 54.5 Å². The molecule has 0 aliphatic heterocycles. The molecule has 5 nitrogen and oxygen atoms in total. The third-order valence-electron chi connectivity index (χ3n) is 2.66. The lowest BCUT2D eigenvalue weighted by Gasteiger charge is -2.24. The number of rotatable bonds is 5. The highest BCUT2D eigenvalue weighted by Crippen LogP contribution is 2.16. The molecular weight excluding hydrogens is 230 g/mol. The number of sulfone groups is 1. The van der Waals surface area contributed by atoms with E-state index in [1.807, 2.05) is 0 Å². The van der Waals surface area contributed by atoms with E-state index < -0.39 is 26.6 Å². The highest BCUT2D eigenvalue weighted by Gasteiger charge is 2.29. The molecule has 16 heavy (non-hydrogen) atoms. The van der Waals surface area contributed by atoms with Crippen LogP contribution in [0.25, 0.3) is 0 Å². The molecule has 0 saturated carbocycles. The van der Waals surface area contributed by atoms with Gasteiger partial charge in [-0.2, -0.15) is 0 Å². The van der Waals surface area contributed by atoms with Gasteiger partial charge in [-0.05, 0) is 34.7 Å². The van der Waals surface area contributed by atoms with Crippen LogP contribution in [0.1, 0.15) is 27.7 Å². The van der Waals surface area contributed by atoms with Gasteiger partial charge in [-0.3, -0.25) is 9.69 Å². The molecule has 6 heteroatoms. The summed E-state index contributed by atoms with van der Waals surface area (Å²) in [5, 5.41) is 8.75. The molecule has 0 fully saturated rings. The highest BCUT2D eigenvalue weighted by atomic mass is 32.2. The van der Waals surface area contributed by atoms with Crippen molar-refractivity contribution in [3.63, 3.8) is 0 Å². The highest BCUT2D eigenvalue weighted by molar-refractivity contribution is 7.92. The first kappa shape index (κ1) is 15.4. The van der Waals surface area contributed by atoms with Crippen LogP contribution < -0.4 is 0 Å². The van der Waals surface area contributed by atoms with Crippen LogP contribution in [0, 0.1) is 0 Å². The molecule has 0 amide bonds. The van der Waals surface area contributed by atoms with Crippen LogP contribution in [0.15, 0.2) is 0 Å². The number of likely N-dealkylation sites (N-methyl/N-ethyl adjacent to an activating group) is 1. The first-order valence-corrected chi connectivity index (χ1v) is 6.79. The number of hydrogen-bond donors (Lipinski definition) is 1. The van der Waals surface area contributed by atoms with E-state index in [1.54, 1.807) is 27.8 Å². The summed E-state index contributed by atoms with van der Waals surface area (Å²) in [5.41, 5.74) is 0. The Bertz CT molecular complexity index is 342. The van der Waals surface area contributed by atoms with E-state index in [2.05, 4.69) is 0 Å². The van der Waals surface area contributed by atoms with Crippen molar-refractivity contribution in [3.05, 3.63) is 0 Å². The predicted octanol–water partition coefficient (Wildman–Crippen LogP) is 0.605. The molecule has 0 aromatic carbocycles. The molecule has 0 aliphatic rings. The zero-order valence-corrected chi connectivity index (χ0v) is 11.3. The summed E-state index contributed by atoms with van der Waals surface area (Å²) < 4.78 is 22.8. The molecule has 1 atom stereocenters. The Balaban J connectivity index is 4.43. The van der Waals surface area contributed by atoms with E-state index in [-0.39, 0.29) is 12.3 Å². The Kier molecular flexibility index (Phi) is 4.94. The molecule has 0 heterocycles. The van der Waals surface area contributed by atoms with E-state index in [0.717, 1.165) is 0 Å². The molecule has 0 bridgehead atoms. The van der Waals surface area contributed by atoms with Crippen LogP contribution in [0.4, 0.5) is 0 Å². The fourth-order valence-electron chi connectivity index (χ4n) is 0.953. The van der Waals surface area contributed by atoms with Gasteiger partial charge in [0.15, 0.2) is 9.84 Å². The van der Waals surface area contributed by atoms with E-state index in [1.165, 1.54) is 11.8 Å². The van der Waals surface area contributed by atoms with E-state index in [0.29, 0.717) is 0 Å². The second-order valence-corrected chi connectivity index (χ2v) is 7.79. The second-order valence-electron chi connectivity index (χ2n) is 4.93. The van der Waals surface area contributed by atoms with Gasteiger partial charge in [-0.15, -0.1) is 0 Å². The van der Waals surface area contributed by atoms with Crippen LogP contribution >= 0.6 is 0 Å². The maximum absolute atomic E-state index is 11.8. The smallest absolute Gasteiger partial charge is 0.320 e. The first-order chi connectivity index (χ1) is 6.99. The molecule has 0 aromatic heterocycles. The van der Waals surface area contributed by atoms with Gasteiger partial charge in [0.1, 0.15) is 6.04 Å². The minimum absolute atomic E-state index is 0.0232. The monoisotopic (exact) mass is 251 g/mol. The van der Waals surface area contributed by atoms with Crippen molar-refractivity contribution in [1.82, 2.24) is 4.90 Å². The molecule has 0 aromatic rings. The van der Waals surface area contributed by atoms with Crippen molar-refractivity contribution in [2.75, 3.05) is 19.3 Å². The Morgan fingerprint density at radius 3 is 2.12 bits per heavy atom. The van der Waals surface area contributed by atoms with Gasteiger partial charge in [0.05, 0.1) is 10.5 Å². The summed E-state index contributed by atoms with van der Waals surface area (Å²) in [7, 11) is -1.58. The average Bonchev–Trinajstić information content (AvgIpc) is 2.11. The maximum Gasteiger partial charge on any atom is 0.320 e. The fourth-order valence-corrected chi connectivity index (χ4v) is 2.09. The van der Waals surface area contributed by atoms with Gasteiger partial charge < -0.3 is 5.11 Å². The number of hydrogen-bond acceptors (Lipinski definition) is 4. The van der Waals surface area contributed by atoms with Crippen molar-refractivity contribution in [1.29, 1.82) is 0 Å². The zero-order valence-electron chi connectivity index (χ0n) is 10.5. The van der Waals surface area contributed by atoms with E-state index >= 15 is 0 Å². The topological polar surface area (TPSA) is 74.7 Å². The first-order valence-electron chi connectivity index (χ1n) is 5.14. The minimum Gasteiger partial charge on any atom is -0.480 e. The van der Waals surface area contributed by atoms with Crippen LogP contribution in [0.2, 0.25) is 0 Å².